The van der Waals surface area contributed by atoms with E-state index in [9.17, 15) is 14.4 Å². The molecule has 7 nitrogen and oxygen atoms in total. The van der Waals surface area contributed by atoms with E-state index in [1.807, 2.05) is 24.3 Å². The van der Waals surface area contributed by atoms with Crippen molar-refractivity contribution in [2.75, 3.05) is 31.6 Å². The number of hydrogen-bond donors (Lipinski definition) is 0. The van der Waals surface area contributed by atoms with Gasteiger partial charge in [0.15, 0.2) is 0 Å². The second kappa shape index (κ2) is 6.55. The first-order valence-electron chi connectivity index (χ1n) is 9.34. The molecule has 3 aliphatic rings. The van der Waals surface area contributed by atoms with Crippen LogP contribution in [0.4, 0.5) is 15.3 Å². The highest BCUT2D eigenvalue weighted by molar-refractivity contribution is 5.89. The second-order valence-corrected chi connectivity index (χ2v) is 7.81. The number of methoxy groups -OCH3 is 1. The number of benzene rings is 1. The number of nitrogens with zero attached hydrogens (tertiary/aromatic N) is 2. The lowest BCUT2D eigenvalue weighted by atomic mass is 9.95. The summed E-state index contributed by atoms with van der Waals surface area (Å²) in [4.78, 5) is 38.4. The number of likely N-dealkylation sites (tertiary alicyclic amines) is 1. The van der Waals surface area contributed by atoms with Gasteiger partial charge in [0.25, 0.3) is 0 Å². The molecule has 1 aromatic rings. The van der Waals surface area contributed by atoms with Crippen LogP contribution in [0.2, 0.25) is 0 Å². The molecule has 7 heteroatoms. The molecule has 0 aromatic heterocycles. The van der Waals surface area contributed by atoms with E-state index in [-0.39, 0.29) is 29.5 Å². The fourth-order valence-corrected chi connectivity index (χ4v) is 4.42. The number of hydrogen-bond acceptors (Lipinski definition) is 5. The second-order valence-electron chi connectivity index (χ2n) is 7.81. The molecule has 0 spiro atoms. The van der Waals surface area contributed by atoms with Gasteiger partial charge < -0.3 is 19.2 Å². The van der Waals surface area contributed by atoms with Gasteiger partial charge >= 0.3 is 12.2 Å². The van der Waals surface area contributed by atoms with E-state index in [0.717, 1.165) is 18.7 Å². The fourth-order valence-electron chi connectivity index (χ4n) is 4.42. The van der Waals surface area contributed by atoms with Gasteiger partial charge in [-0.25, -0.2) is 9.59 Å². The highest BCUT2D eigenvalue weighted by atomic mass is 16.6. The Kier molecular flexibility index (Phi) is 4.32. The summed E-state index contributed by atoms with van der Waals surface area (Å²) < 4.78 is 10.2. The van der Waals surface area contributed by atoms with Crippen molar-refractivity contribution in [2.45, 2.75) is 37.7 Å². The fraction of sp³-hybridized carbons (Fsp3) is 0.550. The zero-order valence-corrected chi connectivity index (χ0v) is 15.6. The van der Waals surface area contributed by atoms with Crippen LogP contribution >= 0.6 is 0 Å². The van der Waals surface area contributed by atoms with E-state index in [1.165, 1.54) is 12.7 Å². The van der Waals surface area contributed by atoms with Gasteiger partial charge in [-0.2, -0.15) is 0 Å². The molecule has 1 saturated carbocycles. The number of amides is 2. The van der Waals surface area contributed by atoms with Crippen LogP contribution in [0.1, 0.15) is 31.7 Å². The van der Waals surface area contributed by atoms with Gasteiger partial charge in [0.05, 0.1) is 13.7 Å². The van der Waals surface area contributed by atoms with Gasteiger partial charge in [0, 0.05) is 30.6 Å². The van der Waals surface area contributed by atoms with Crippen molar-refractivity contribution in [1.82, 2.24) is 4.90 Å². The topological polar surface area (TPSA) is 76.2 Å². The largest absolute Gasteiger partial charge is 0.453 e. The van der Waals surface area contributed by atoms with Crippen molar-refractivity contribution < 1.29 is 23.9 Å². The SMILES string of the molecule is COC(=O)N1CC2CC2(c2ccc(N3C[C@H](CCC(C)=O)OC3=O)cc2)C1. The quantitative estimate of drug-likeness (QED) is 0.794. The van der Waals surface area contributed by atoms with E-state index in [0.29, 0.717) is 31.8 Å². The van der Waals surface area contributed by atoms with Crippen molar-refractivity contribution in [1.29, 1.82) is 0 Å². The standard InChI is InChI=1S/C20H24N2O5/c1-13(23)3-8-17-11-22(19(25)27-17)16-6-4-14(5-7-16)20-9-15(20)10-21(12-20)18(24)26-2/h4-7,15,17H,3,8-12H2,1-2H3/t15?,17-,20?/m0/s1. The molecule has 1 aromatic carbocycles. The van der Waals surface area contributed by atoms with Gasteiger partial charge in [-0.05, 0) is 43.4 Å². The molecule has 0 radical (unpaired) electrons. The van der Waals surface area contributed by atoms with Crippen LogP contribution in [0, 0.1) is 5.92 Å². The molecule has 2 unspecified atom stereocenters. The molecule has 2 aliphatic heterocycles. The van der Waals surface area contributed by atoms with Gasteiger partial charge in [0.2, 0.25) is 0 Å². The zero-order chi connectivity index (χ0) is 19.2. The van der Waals surface area contributed by atoms with Crippen LogP contribution in [0.5, 0.6) is 0 Å². The molecule has 0 bridgehead atoms. The van der Waals surface area contributed by atoms with Crippen molar-refractivity contribution in [3.8, 4) is 0 Å². The molecule has 4 rings (SSSR count). The Morgan fingerprint density at radius 2 is 2.00 bits per heavy atom. The number of Topliss-reactive ketones (excluding diaryl/α,β-unsaturated/α-hetero) is 1. The number of piperidine rings is 1. The summed E-state index contributed by atoms with van der Waals surface area (Å²) in [5.74, 6) is 0.583. The molecule has 2 amide bonds. The molecule has 27 heavy (non-hydrogen) atoms. The van der Waals surface area contributed by atoms with E-state index in [2.05, 4.69) is 0 Å². The predicted octanol–water partition coefficient (Wildman–Crippen LogP) is 2.72. The third-order valence-electron chi connectivity index (χ3n) is 6.02. The Hall–Kier alpha value is -2.57. The van der Waals surface area contributed by atoms with Gasteiger partial charge in [-0.1, -0.05) is 12.1 Å². The van der Waals surface area contributed by atoms with Gasteiger partial charge in [-0.3, -0.25) is 4.90 Å². The zero-order valence-electron chi connectivity index (χ0n) is 15.6. The third-order valence-corrected chi connectivity index (χ3v) is 6.02. The highest BCUT2D eigenvalue weighted by Crippen LogP contribution is 2.59. The summed E-state index contributed by atoms with van der Waals surface area (Å²) >= 11 is 0. The minimum Gasteiger partial charge on any atom is -0.453 e. The van der Waals surface area contributed by atoms with E-state index in [1.54, 1.807) is 16.7 Å². The smallest absolute Gasteiger partial charge is 0.414 e. The summed E-state index contributed by atoms with van der Waals surface area (Å²) in [5.41, 5.74) is 2.02. The van der Waals surface area contributed by atoms with Crippen molar-refractivity contribution in [3.63, 3.8) is 0 Å². The normalized spacial score (nSPS) is 28.7. The van der Waals surface area contributed by atoms with Crippen molar-refractivity contribution in [3.05, 3.63) is 29.8 Å². The number of ketones is 1. The van der Waals surface area contributed by atoms with Crippen LogP contribution in [-0.4, -0.2) is 55.7 Å². The van der Waals surface area contributed by atoms with E-state index in [4.69, 9.17) is 9.47 Å². The van der Waals surface area contributed by atoms with Gasteiger partial charge in [-0.15, -0.1) is 0 Å². The minimum atomic E-state index is -0.364. The molecule has 0 N–H and O–H groups in total. The van der Waals surface area contributed by atoms with Gasteiger partial charge in [0.1, 0.15) is 11.9 Å². The van der Waals surface area contributed by atoms with Crippen molar-refractivity contribution in [2.24, 2.45) is 5.92 Å². The molecule has 1 aliphatic carbocycles. The van der Waals surface area contributed by atoms with Crippen LogP contribution in [0.15, 0.2) is 24.3 Å². The minimum absolute atomic E-state index is 0.0300. The summed E-state index contributed by atoms with van der Waals surface area (Å²) in [6.45, 7) is 3.44. The summed E-state index contributed by atoms with van der Waals surface area (Å²) in [5, 5.41) is 0. The Balaban J connectivity index is 1.42. The maximum absolute atomic E-state index is 12.2. The van der Waals surface area contributed by atoms with Crippen LogP contribution in [0.3, 0.4) is 0 Å². The number of carbonyl (C=O) groups excluding carboxylic acids is 3. The Bertz CT molecular complexity index is 777. The number of fused-ring (bicyclic) bond motifs is 1. The first-order chi connectivity index (χ1) is 12.9. The lowest BCUT2D eigenvalue weighted by molar-refractivity contribution is -0.117. The van der Waals surface area contributed by atoms with E-state index >= 15 is 0 Å². The lowest BCUT2D eigenvalue weighted by Gasteiger charge is -2.20. The first kappa shape index (κ1) is 17.8. The number of carbonyl (C=O) groups is 3. The predicted molar refractivity (Wildman–Crippen MR) is 97.7 cm³/mol. The molecule has 2 saturated heterocycles. The Morgan fingerprint density at radius 1 is 1.26 bits per heavy atom. The Labute approximate surface area is 158 Å². The monoisotopic (exact) mass is 372 g/mol. The molecule has 3 atom stereocenters. The number of rotatable bonds is 5. The molecular formula is C20H24N2O5. The maximum atomic E-state index is 12.2. The summed E-state index contributed by atoms with van der Waals surface area (Å²) in [6, 6.07) is 7.97. The molecule has 144 valence electrons. The van der Waals surface area contributed by atoms with Crippen LogP contribution < -0.4 is 4.90 Å². The first-order valence-corrected chi connectivity index (χ1v) is 9.34. The molecular weight excluding hydrogens is 348 g/mol. The molecule has 2 heterocycles. The lowest BCUT2D eigenvalue weighted by Crippen LogP contribution is -2.32. The third kappa shape index (κ3) is 3.15. The number of ether oxygens (including phenoxy) is 2. The summed E-state index contributed by atoms with van der Waals surface area (Å²) in [6.07, 6.45) is 1.19. The average Bonchev–Trinajstić information content (AvgIpc) is 3.03. The van der Waals surface area contributed by atoms with Crippen molar-refractivity contribution >= 4 is 23.7 Å². The number of anilines is 1. The number of cyclic esters (lactones) is 1. The average molecular weight is 372 g/mol. The summed E-state index contributed by atoms with van der Waals surface area (Å²) in [7, 11) is 1.41. The van der Waals surface area contributed by atoms with E-state index < -0.39 is 0 Å². The van der Waals surface area contributed by atoms with Crippen LogP contribution in [0.25, 0.3) is 0 Å². The van der Waals surface area contributed by atoms with Crippen LogP contribution in [-0.2, 0) is 19.7 Å². The highest BCUT2D eigenvalue weighted by Gasteiger charge is 2.61. The molecule has 3 fully saturated rings. The maximum Gasteiger partial charge on any atom is 0.414 e. The Morgan fingerprint density at radius 3 is 2.67 bits per heavy atom.